The Bertz CT molecular complexity index is 517. The molecule has 2 atom stereocenters. The molecule has 1 rings (SSSR count). The van der Waals surface area contributed by atoms with Gasteiger partial charge in [-0.25, -0.2) is 4.79 Å². The summed E-state index contributed by atoms with van der Waals surface area (Å²) in [6.07, 6.45) is 5.51. The lowest BCUT2D eigenvalue weighted by Crippen LogP contribution is -2.44. The second-order valence-electron chi connectivity index (χ2n) is 4.24. The van der Waals surface area contributed by atoms with E-state index >= 15 is 0 Å². The van der Waals surface area contributed by atoms with Crippen LogP contribution in [0.5, 0.6) is 0 Å². The molecule has 0 aliphatic carbocycles. The van der Waals surface area contributed by atoms with Gasteiger partial charge in [-0.15, -0.1) is 6.42 Å². The third-order valence-electron chi connectivity index (χ3n) is 2.71. The molecule has 1 aromatic carbocycles. The first-order valence-corrected chi connectivity index (χ1v) is 6.24. The van der Waals surface area contributed by atoms with Crippen molar-refractivity contribution in [2.45, 2.75) is 25.8 Å². The molecule has 3 N–H and O–H groups in total. The minimum Gasteiger partial charge on any atom is -0.464 e. The molecule has 0 spiro atoms. The van der Waals surface area contributed by atoms with Gasteiger partial charge in [-0.05, 0) is 24.6 Å². The molecule has 0 aliphatic rings. The fourth-order valence-electron chi connectivity index (χ4n) is 1.82. The quantitative estimate of drug-likeness (QED) is 0.478. The number of ether oxygens (including phenoxy) is 1. The highest BCUT2D eigenvalue weighted by atomic mass is 16.5. The Hall–Kier alpha value is -2.48. The van der Waals surface area contributed by atoms with E-state index in [1.165, 1.54) is 6.92 Å². The van der Waals surface area contributed by atoms with E-state index in [2.05, 4.69) is 11.2 Å². The summed E-state index contributed by atoms with van der Waals surface area (Å²) in [6, 6.07) is 5.92. The van der Waals surface area contributed by atoms with Crippen LogP contribution in [0.3, 0.4) is 0 Å². The zero-order valence-electron chi connectivity index (χ0n) is 11.6. The number of hydrogen-bond donors (Lipinski definition) is 2. The summed E-state index contributed by atoms with van der Waals surface area (Å²) in [4.78, 5) is 23.2. The lowest BCUT2D eigenvalue weighted by molar-refractivity contribution is -0.147. The molecule has 0 saturated heterocycles. The number of esters is 1. The van der Waals surface area contributed by atoms with Crippen molar-refractivity contribution in [3.05, 3.63) is 29.8 Å². The molecule has 0 aliphatic heterocycles. The molecular formula is C15H18N2O3. The SMILES string of the molecule is C#C[C@H](c1ccc(N)cc1)[C@H](NC(C)=O)C(=O)OCC. The van der Waals surface area contributed by atoms with Crippen LogP contribution in [-0.2, 0) is 14.3 Å². The van der Waals surface area contributed by atoms with Crippen molar-refractivity contribution in [3.8, 4) is 12.3 Å². The first-order chi connectivity index (χ1) is 9.49. The minimum atomic E-state index is -0.916. The van der Waals surface area contributed by atoms with Gasteiger partial charge >= 0.3 is 5.97 Å². The Kier molecular flexibility index (Phi) is 5.60. The average molecular weight is 274 g/mol. The number of carbonyl (C=O) groups is 2. The summed E-state index contributed by atoms with van der Waals surface area (Å²) in [5.41, 5.74) is 6.93. The molecule has 20 heavy (non-hydrogen) atoms. The summed E-state index contributed by atoms with van der Waals surface area (Å²) in [7, 11) is 0. The normalized spacial score (nSPS) is 12.8. The van der Waals surface area contributed by atoms with Crippen LogP contribution in [0, 0.1) is 12.3 Å². The van der Waals surface area contributed by atoms with Crippen LogP contribution in [-0.4, -0.2) is 24.5 Å². The third kappa shape index (κ3) is 4.02. The monoisotopic (exact) mass is 274 g/mol. The highest BCUT2D eigenvalue weighted by molar-refractivity contribution is 5.84. The maximum atomic E-state index is 12.0. The van der Waals surface area contributed by atoms with Gasteiger partial charge in [-0.3, -0.25) is 4.79 Å². The van der Waals surface area contributed by atoms with E-state index in [1.54, 1.807) is 31.2 Å². The number of rotatable bonds is 5. The second-order valence-corrected chi connectivity index (χ2v) is 4.24. The molecule has 0 heterocycles. The molecule has 0 bridgehead atoms. The number of anilines is 1. The Morgan fingerprint density at radius 2 is 2.00 bits per heavy atom. The molecule has 0 radical (unpaired) electrons. The number of hydrogen-bond acceptors (Lipinski definition) is 4. The number of benzene rings is 1. The summed E-state index contributed by atoms with van der Waals surface area (Å²) in [6.45, 7) is 3.23. The molecule has 0 unspecified atom stereocenters. The molecule has 5 nitrogen and oxygen atoms in total. The van der Waals surface area contributed by atoms with E-state index in [0.717, 1.165) is 0 Å². The van der Waals surface area contributed by atoms with Gasteiger partial charge in [-0.2, -0.15) is 0 Å². The smallest absolute Gasteiger partial charge is 0.330 e. The largest absolute Gasteiger partial charge is 0.464 e. The Morgan fingerprint density at radius 3 is 2.45 bits per heavy atom. The van der Waals surface area contributed by atoms with Crippen molar-refractivity contribution in [1.29, 1.82) is 0 Å². The summed E-state index contributed by atoms with van der Waals surface area (Å²) in [5.74, 6) is 1.01. The molecule has 0 aromatic heterocycles. The Labute approximate surface area is 118 Å². The fraction of sp³-hybridized carbons (Fsp3) is 0.333. The van der Waals surface area contributed by atoms with E-state index < -0.39 is 17.9 Å². The molecule has 0 fully saturated rings. The first-order valence-electron chi connectivity index (χ1n) is 6.24. The van der Waals surface area contributed by atoms with E-state index in [-0.39, 0.29) is 12.5 Å². The van der Waals surface area contributed by atoms with Gasteiger partial charge in [0.05, 0.1) is 12.5 Å². The van der Waals surface area contributed by atoms with E-state index in [1.807, 2.05) is 0 Å². The van der Waals surface area contributed by atoms with Gasteiger partial charge in [-0.1, -0.05) is 18.1 Å². The molecule has 1 amide bonds. The highest BCUT2D eigenvalue weighted by Gasteiger charge is 2.30. The highest BCUT2D eigenvalue weighted by Crippen LogP contribution is 2.21. The van der Waals surface area contributed by atoms with Crippen LogP contribution in [0.25, 0.3) is 0 Å². The lowest BCUT2D eigenvalue weighted by Gasteiger charge is -2.22. The summed E-state index contributed by atoms with van der Waals surface area (Å²) >= 11 is 0. The maximum absolute atomic E-state index is 12.0. The minimum absolute atomic E-state index is 0.216. The van der Waals surface area contributed by atoms with Crippen LogP contribution in [0.4, 0.5) is 5.69 Å². The van der Waals surface area contributed by atoms with Crippen LogP contribution >= 0.6 is 0 Å². The Balaban J connectivity index is 3.07. The average Bonchev–Trinajstić information content (AvgIpc) is 2.40. The molecule has 0 saturated carbocycles. The molecule has 5 heteroatoms. The molecule has 106 valence electrons. The van der Waals surface area contributed by atoms with Crippen molar-refractivity contribution < 1.29 is 14.3 Å². The second kappa shape index (κ2) is 7.19. The van der Waals surface area contributed by atoms with Crippen molar-refractivity contribution in [2.75, 3.05) is 12.3 Å². The number of nitrogens with one attached hydrogen (secondary N) is 1. The topological polar surface area (TPSA) is 81.4 Å². The Morgan fingerprint density at radius 1 is 1.40 bits per heavy atom. The third-order valence-corrected chi connectivity index (χ3v) is 2.71. The van der Waals surface area contributed by atoms with Gasteiger partial charge in [0.2, 0.25) is 5.91 Å². The molecular weight excluding hydrogens is 256 g/mol. The number of terminal acetylenes is 1. The number of amides is 1. The van der Waals surface area contributed by atoms with Crippen LogP contribution < -0.4 is 11.1 Å². The zero-order valence-corrected chi connectivity index (χ0v) is 11.6. The maximum Gasteiger partial charge on any atom is 0.330 e. The lowest BCUT2D eigenvalue weighted by atomic mass is 9.92. The van der Waals surface area contributed by atoms with Gasteiger partial charge in [0.25, 0.3) is 0 Å². The van der Waals surface area contributed by atoms with Crippen LogP contribution in [0.1, 0.15) is 25.3 Å². The van der Waals surface area contributed by atoms with Crippen molar-refractivity contribution in [2.24, 2.45) is 0 Å². The van der Waals surface area contributed by atoms with Crippen LogP contribution in [0.15, 0.2) is 24.3 Å². The van der Waals surface area contributed by atoms with E-state index in [0.29, 0.717) is 11.3 Å². The summed E-state index contributed by atoms with van der Waals surface area (Å²) in [5, 5.41) is 2.54. The van der Waals surface area contributed by atoms with Gasteiger partial charge in [0.15, 0.2) is 0 Å². The number of carbonyl (C=O) groups excluding carboxylic acids is 2. The van der Waals surface area contributed by atoms with E-state index in [4.69, 9.17) is 16.9 Å². The number of nitrogen functional groups attached to an aromatic ring is 1. The number of nitrogens with two attached hydrogens (primary N) is 1. The molecule has 1 aromatic rings. The predicted octanol–water partition coefficient (Wildman–Crippen LogP) is 1.05. The van der Waals surface area contributed by atoms with Gasteiger partial charge in [0, 0.05) is 12.6 Å². The van der Waals surface area contributed by atoms with Crippen molar-refractivity contribution >= 4 is 17.6 Å². The van der Waals surface area contributed by atoms with Gasteiger partial charge < -0.3 is 15.8 Å². The van der Waals surface area contributed by atoms with Crippen molar-refractivity contribution in [3.63, 3.8) is 0 Å². The van der Waals surface area contributed by atoms with E-state index in [9.17, 15) is 9.59 Å². The standard InChI is InChI=1S/C15H18N2O3/c1-4-13(11-6-8-12(16)9-7-11)14(17-10(3)18)15(19)20-5-2/h1,6-9,13-14H,5,16H2,2-3H3,(H,17,18)/t13-,14+/m1/s1. The fourth-order valence-corrected chi connectivity index (χ4v) is 1.82. The van der Waals surface area contributed by atoms with Gasteiger partial charge in [0.1, 0.15) is 6.04 Å². The first kappa shape index (κ1) is 15.6. The summed E-state index contributed by atoms with van der Waals surface area (Å²) < 4.78 is 4.96. The zero-order chi connectivity index (χ0) is 15.1. The van der Waals surface area contributed by atoms with Crippen LogP contribution in [0.2, 0.25) is 0 Å². The predicted molar refractivity (Wildman–Crippen MR) is 76.7 cm³/mol. The van der Waals surface area contributed by atoms with Crippen molar-refractivity contribution in [1.82, 2.24) is 5.32 Å².